The van der Waals surface area contributed by atoms with E-state index in [-0.39, 0.29) is 5.91 Å². The molecular weight excluding hydrogens is 236 g/mol. The minimum absolute atomic E-state index is 0.249. The number of rotatable bonds is 5. The predicted octanol–water partition coefficient (Wildman–Crippen LogP) is 2.07. The first-order valence-electron chi connectivity index (χ1n) is 8.30. The van der Waals surface area contributed by atoms with E-state index >= 15 is 0 Å². The molecule has 0 spiro atoms. The summed E-state index contributed by atoms with van der Waals surface area (Å²) in [5.74, 6) is 4.17. The fourth-order valence-electron chi connectivity index (χ4n) is 5.14. The third kappa shape index (κ3) is 2.54. The Hall–Kier alpha value is -0.570. The van der Waals surface area contributed by atoms with Crippen molar-refractivity contribution < 1.29 is 4.79 Å². The number of carbonyl (C=O) groups excluding carboxylic acids is 1. The molecule has 5 fully saturated rings. The summed E-state index contributed by atoms with van der Waals surface area (Å²) >= 11 is 0. The lowest BCUT2D eigenvalue weighted by molar-refractivity contribution is -0.121. The van der Waals surface area contributed by atoms with E-state index in [1.807, 2.05) is 0 Å². The van der Waals surface area contributed by atoms with Gasteiger partial charge < -0.3 is 10.6 Å². The molecule has 0 unspecified atom stereocenters. The van der Waals surface area contributed by atoms with Crippen molar-refractivity contribution in [2.75, 3.05) is 6.54 Å². The van der Waals surface area contributed by atoms with E-state index in [4.69, 9.17) is 0 Å². The predicted molar refractivity (Wildman–Crippen MR) is 74.6 cm³/mol. The highest BCUT2D eigenvalue weighted by Crippen LogP contribution is 2.53. The highest BCUT2D eigenvalue weighted by Gasteiger charge is 2.47. The summed E-state index contributed by atoms with van der Waals surface area (Å²) in [6.07, 6.45) is 10.4. The molecule has 0 heterocycles. The molecule has 5 rings (SSSR count). The molecule has 19 heavy (non-hydrogen) atoms. The Balaban J connectivity index is 1.25. The lowest BCUT2D eigenvalue weighted by Gasteiger charge is -2.54. The first-order valence-corrected chi connectivity index (χ1v) is 8.30. The van der Waals surface area contributed by atoms with Crippen molar-refractivity contribution in [3.05, 3.63) is 0 Å². The van der Waals surface area contributed by atoms with E-state index in [1.165, 1.54) is 44.9 Å². The summed E-state index contributed by atoms with van der Waals surface area (Å²) < 4.78 is 0. The van der Waals surface area contributed by atoms with E-state index in [0.29, 0.717) is 12.5 Å². The highest BCUT2D eigenvalue weighted by atomic mass is 16.1. The van der Waals surface area contributed by atoms with Crippen LogP contribution in [-0.4, -0.2) is 24.5 Å². The lowest BCUT2D eigenvalue weighted by atomic mass is 9.54. The Morgan fingerprint density at radius 3 is 2.16 bits per heavy atom. The van der Waals surface area contributed by atoms with Crippen LogP contribution in [0.1, 0.15) is 51.4 Å². The smallest absolute Gasteiger partial charge is 0.221 e. The van der Waals surface area contributed by atoms with Crippen LogP contribution in [0.2, 0.25) is 0 Å². The van der Waals surface area contributed by atoms with Crippen molar-refractivity contribution in [3.8, 4) is 0 Å². The summed E-state index contributed by atoms with van der Waals surface area (Å²) in [5, 5.41) is 6.81. The second kappa shape index (κ2) is 4.76. The van der Waals surface area contributed by atoms with Crippen molar-refractivity contribution in [2.24, 2.45) is 23.7 Å². The number of carbonyl (C=O) groups is 1. The minimum atomic E-state index is 0.249. The molecule has 0 atom stereocenters. The summed E-state index contributed by atoms with van der Waals surface area (Å²) in [6.45, 7) is 0.881. The minimum Gasteiger partial charge on any atom is -0.353 e. The Kier molecular flexibility index (Phi) is 3.06. The van der Waals surface area contributed by atoms with Gasteiger partial charge in [-0.3, -0.25) is 4.79 Å². The molecule has 0 aromatic carbocycles. The molecule has 5 aliphatic carbocycles. The fraction of sp³-hybridized carbons (Fsp3) is 0.938. The number of hydrogen-bond acceptors (Lipinski definition) is 2. The second-order valence-electron chi connectivity index (χ2n) is 7.50. The normalized spacial score (nSPS) is 43.5. The average Bonchev–Trinajstić information content (AvgIpc) is 3.15. The van der Waals surface area contributed by atoms with Crippen LogP contribution in [0.25, 0.3) is 0 Å². The second-order valence-corrected chi connectivity index (χ2v) is 7.50. The molecule has 2 N–H and O–H groups in total. The van der Waals surface area contributed by atoms with Crippen molar-refractivity contribution in [1.82, 2.24) is 10.6 Å². The van der Waals surface area contributed by atoms with Gasteiger partial charge in [0.1, 0.15) is 0 Å². The van der Waals surface area contributed by atoms with Crippen LogP contribution >= 0.6 is 0 Å². The third-order valence-electron chi connectivity index (χ3n) is 5.90. The number of amides is 1. The van der Waals surface area contributed by atoms with Gasteiger partial charge in [0.15, 0.2) is 0 Å². The van der Waals surface area contributed by atoms with Gasteiger partial charge in [0.2, 0.25) is 5.91 Å². The van der Waals surface area contributed by atoms with Crippen LogP contribution in [0, 0.1) is 23.7 Å². The molecule has 3 heteroatoms. The van der Waals surface area contributed by atoms with Gasteiger partial charge in [-0.2, -0.15) is 0 Å². The summed E-state index contributed by atoms with van der Waals surface area (Å²) in [7, 11) is 0. The van der Waals surface area contributed by atoms with E-state index in [0.717, 1.165) is 36.3 Å². The van der Waals surface area contributed by atoms with Crippen LogP contribution in [0.4, 0.5) is 0 Å². The third-order valence-corrected chi connectivity index (χ3v) is 5.90. The zero-order valence-corrected chi connectivity index (χ0v) is 11.7. The van der Waals surface area contributed by atoms with Crippen molar-refractivity contribution in [1.29, 1.82) is 0 Å². The Morgan fingerprint density at radius 1 is 0.947 bits per heavy atom. The van der Waals surface area contributed by atoms with E-state index in [9.17, 15) is 4.79 Å². The Labute approximate surface area is 115 Å². The highest BCUT2D eigenvalue weighted by molar-refractivity contribution is 5.76. The van der Waals surface area contributed by atoms with Gasteiger partial charge in [-0.05, 0) is 68.6 Å². The van der Waals surface area contributed by atoms with Gasteiger partial charge in [-0.25, -0.2) is 0 Å². The molecule has 0 saturated heterocycles. The molecule has 4 bridgehead atoms. The van der Waals surface area contributed by atoms with Crippen LogP contribution in [-0.2, 0) is 4.79 Å². The molecule has 0 aliphatic heterocycles. The van der Waals surface area contributed by atoms with E-state index < -0.39 is 0 Å². The zero-order chi connectivity index (χ0) is 12.8. The van der Waals surface area contributed by atoms with E-state index in [1.54, 1.807) is 0 Å². The van der Waals surface area contributed by atoms with E-state index in [2.05, 4.69) is 10.6 Å². The van der Waals surface area contributed by atoms with Gasteiger partial charge in [0.05, 0.1) is 0 Å². The van der Waals surface area contributed by atoms with Crippen LogP contribution in [0.3, 0.4) is 0 Å². The first kappa shape index (κ1) is 12.2. The van der Waals surface area contributed by atoms with Gasteiger partial charge in [0, 0.05) is 25.0 Å². The SMILES string of the molecule is O=C(CCNC1C2CC3CC(C2)CC1C3)NC1CC1. The van der Waals surface area contributed by atoms with Gasteiger partial charge in [-0.1, -0.05) is 0 Å². The maximum Gasteiger partial charge on any atom is 0.221 e. The summed E-state index contributed by atoms with van der Waals surface area (Å²) in [6, 6.07) is 1.23. The molecular formula is C16H26N2O. The molecule has 106 valence electrons. The van der Waals surface area contributed by atoms with Crippen molar-refractivity contribution in [2.45, 2.75) is 63.5 Å². The molecule has 0 aromatic rings. The van der Waals surface area contributed by atoms with Gasteiger partial charge in [0.25, 0.3) is 0 Å². The lowest BCUT2D eigenvalue weighted by Crippen LogP contribution is -2.54. The Bertz CT molecular complexity index is 336. The fourth-order valence-corrected chi connectivity index (χ4v) is 5.14. The molecule has 5 aliphatic rings. The molecule has 0 aromatic heterocycles. The van der Waals surface area contributed by atoms with Crippen LogP contribution < -0.4 is 10.6 Å². The van der Waals surface area contributed by atoms with Crippen molar-refractivity contribution in [3.63, 3.8) is 0 Å². The quantitative estimate of drug-likeness (QED) is 0.796. The maximum absolute atomic E-state index is 11.7. The number of nitrogens with one attached hydrogen (secondary N) is 2. The van der Waals surface area contributed by atoms with Crippen LogP contribution in [0.15, 0.2) is 0 Å². The van der Waals surface area contributed by atoms with Gasteiger partial charge >= 0.3 is 0 Å². The maximum atomic E-state index is 11.7. The van der Waals surface area contributed by atoms with Gasteiger partial charge in [-0.15, -0.1) is 0 Å². The van der Waals surface area contributed by atoms with Crippen LogP contribution in [0.5, 0.6) is 0 Å². The first-order chi connectivity index (χ1) is 9.28. The summed E-state index contributed by atoms with van der Waals surface area (Å²) in [4.78, 5) is 11.7. The van der Waals surface area contributed by atoms with Crippen molar-refractivity contribution >= 4 is 5.91 Å². The zero-order valence-electron chi connectivity index (χ0n) is 11.7. The summed E-state index contributed by atoms with van der Waals surface area (Å²) in [5.41, 5.74) is 0. The largest absolute Gasteiger partial charge is 0.353 e. The standard InChI is InChI=1S/C16H26N2O/c19-15(18-14-1-2-14)3-4-17-16-12-6-10-5-11(8-12)9-13(16)7-10/h10-14,16-17H,1-9H2,(H,18,19). The topological polar surface area (TPSA) is 41.1 Å². The molecule has 0 radical (unpaired) electrons. The molecule has 1 amide bonds. The Morgan fingerprint density at radius 2 is 1.58 bits per heavy atom. The average molecular weight is 262 g/mol. The molecule has 3 nitrogen and oxygen atoms in total. The molecule has 5 saturated carbocycles. The number of hydrogen-bond donors (Lipinski definition) is 2. The monoisotopic (exact) mass is 262 g/mol.